The molecule has 18 nitrogen and oxygen atoms in total. The van der Waals surface area contributed by atoms with Crippen LogP contribution in [0.5, 0.6) is 0 Å². The van der Waals surface area contributed by atoms with Crippen molar-refractivity contribution in [1.82, 2.24) is 28.1 Å². The van der Waals surface area contributed by atoms with Crippen LogP contribution in [0.1, 0.15) is 300 Å². The summed E-state index contributed by atoms with van der Waals surface area (Å²) in [5, 5.41) is 0.637. The highest BCUT2D eigenvalue weighted by atomic mass is 16.2. The number of benzene rings is 2. The third-order valence-electron chi connectivity index (χ3n) is 24.8. The summed E-state index contributed by atoms with van der Waals surface area (Å²) in [6, 6.07) is 5.15. The lowest BCUT2D eigenvalue weighted by Crippen LogP contribution is -2.41. The number of nitrogens with zero attached hydrogens (tertiary/aromatic N) is 6. The Balaban J connectivity index is 0.000000359. The van der Waals surface area contributed by atoms with Crippen LogP contribution in [0, 0.1) is 53.3 Å². The number of aromatic nitrogens is 4. The fraction of sp³-hybridized carbons (Fsp3) is 0.682. The molecule has 582 valence electrons. The highest BCUT2D eigenvalue weighted by Crippen LogP contribution is 2.63. The molecule has 0 radical (unpaired) electrons. The van der Waals surface area contributed by atoms with Gasteiger partial charge in [-0.2, -0.15) is 0 Å². The number of rotatable bonds is 31. The van der Waals surface area contributed by atoms with Crippen LogP contribution in [0.3, 0.4) is 0 Å². The van der Waals surface area contributed by atoms with Gasteiger partial charge in [-0.3, -0.25) is 85.6 Å². The maximum absolute atomic E-state index is 14.3. The van der Waals surface area contributed by atoms with Gasteiger partial charge in [0.1, 0.15) is 0 Å². The molecule has 5 aliphatic carbocycles. The Morgan fingerprint density at radius 3 is 0.840 bits per heavy atom. The van der Waals surface area contributed by atoms with Gasteiger partial charge in [-0.1, -0.05) is 243 Å². The van der Waals surface area contributed by atoms with Crippen LogP contribution in [0.15, 0.2) is 86.9 Å². The van der Waals surface area contributed by atoms with E-state index in [-0.39, 0.29) is 166 Å². The van der Waals surface area contributed by atoms with E-state index in [1.807, 2.05) is 0 Å². The maximum Gasteiger partial charge on any atom is 0.261 e. The minimum atomic E-state index is -0.544. The molecule has 4 aromatic heterocycles. The summed E-state index contributed by atoms with van der Waals surface area (Å²) in [6.45, 7) is 18.8. The second-order valence-corrected chi connectivity index (χ2v) is 32.2. The number of carbonyl (C=O) groups is 4. The molecule has 0 N–H and O–H groups in total. The van der Waals surface area contributed by atoms with Crippen molar-refractivity contribution in [2.45, 2.75) is 320 Å². The van der Waals surface area contributed by atoms with E-state index in [9.17, 15) is 57.5 Å². The molecule has 13 rings (SSSR count). The topological polar surface area (TPSA) is 231 Å². The Labute approximate surface area is 628 Å². The van der Waals surface area contributed by atoms with E-state index in [0.717, 1.165) is 51.4 Å². The van der Waals surface area contributed by atoms with Crippen molar-refractivity contribution in [3.63, 3.8) is 0 Å². The number of carbonyl (C=O) groups excluding carboxylic acids is 4. The van der Waals surface area contributed by atoms with Gasteiger partial charge in [0, 0.05) is 63.1 Å². The maximum atomic E-state index is 14.3. The molecule has 0 saturated heterocycles. The second kappa shape index (κ2) is 40.8. The molecule has 4 amide bonds. The van der Waals surface area contributed by atoms with Gasteiger partial charge in [0.2, 0.25) is 0 Å². The zero-order valence-corrected chi connectivity index (χ0v) is 65.0. The van der Waals surface area contributed by atoms with Gasteiger partial charge in [0.05, 0.1) is 43.1 Å². The Bertz CT molecular complexity index is 4190. The third-order valence-corrected chi connectivity index (χ3v) is 24.8. The Kier molecular flexibility index (Phi) is 32.5. The lowest BCUT2D eigenvalue weighted by molar-refractivity contribution is -0.139. The third kappa shape index (κ3) is 19.6. The van der Waals surface area contributed by atoms with Crippen molar-refractivity contribution in [2.24, 2.45) is 53.3 Å². The van der Waals surface area contributed by atoms with E-state index in [0.29, 0.717) is 25.7 Å². The standard InChI is InChI=1S/C55H52N6O12.2C9H20.2C7H16.CH4/c62-44-9-10-45(63)56(44)22-27-5-1-3-7-29(27)24-59-50(68)37-17-35-36(18-38(37)51(59)69)49(67)58(48(35)66)21-26-13-32-31-15-34(33(32)14-26)43(16-31)61-54(72)41-19-39-40(20-42(41)55(61)73)53(71)60(52(39)70)25-30-8-4-2-6-28(30)23-57-46(64)11-12-47(57)65;2*1-3-5-7-9-8-6-4-2;2*1-3-5-7-6-4-2;/h9-12,17-20,26-34,43H,1-8,13-16,21-25H2;2*3-9H2,1-2H3;2*3-7H2,1-2H3;1H4. The number of hydrogen-bond acceptors (Lipinski definition) is 12. The fourth-order valence-electron chi connectivity index (χ4n) is 18.9. The molecule has 2 bridgehead atoms. The zero-order chi connectivity index (χ0) is 75.4. The van der Waals surface area contributed by atoms with Crippen LogP contribution in [0.4, 0.5) is 0 Å². The first-order chi connectivity index (χ1) is 50.8. The van der Waals surface area contributed by atoms with Gasteiger partial charge < -0.3 is 0 Å². The average molecular weight is 1460 g/mol. The summed E-state index contributed by atoms with van der Waals surface area (Å²) in [5.41, 5.74) is -4.20. The van der Waals surface area contributed by atoms with Crippen LogP contribution in [-0.4, -0.2) is 64.8 Å². The van der Waals surface area contributed by atoms with Crippen LogP contribution in [0.25, 0.3) is 43.1 Å². The molecular formula is C88H128N6O12. The molecule has 2 aromatic carbocycles. The van der Waals surface area contributed by atoms with E-state index in [1.165, 1.54) is 231 Å². The Hall–Kier alpha value is -7.24. The Morgan fingerprint density at radius 1 is 0.283 bits per heavy atom. The van der Waals surface area contributed by atoms with Crippen LogP contribution in [0.2, 0.25) is 0 Å². The molecule has 10 unspecified atom stereocenters. The zero-order valence-electron chi connectivity index (χ0n) is 65.0. The van der Waals surface area contributed by atoms with E-state index in [1.54, 1.807) is 0 Å². The quantitative estimate of drug-likeness (QED) is 0.0292. The van der Waals surface area contributed by atoms with Crippen molar-refractivity contribution < 1.29 is 19.2 Å². The van der Waals surface area contributed by atoms with E-state index >= 15 is 0 Å². The largest absolute Gasteiger partial charge is 0.275 e. The monoisotopic (exact) mass is 1460 g/mol. The van der Waals surface area contributed by atoms with Crippen molar-refractivity contribution >= 4 is 66.7 Å². The van der Waals surface area contributed by atoms with E-state index < -0.39 is 44.5 Å². The molecule has 10 atom stereocenters. The van der Waals surface area contributed by atoms with Gasteiger partial charge in [0.25, 0.3) is 68.1 Å². The fourth-order valence-corrected chi connectivity index (χ4v) is 18.9. The molecule has 6 heterocycles. The SMILES string of the molecule is C.CCCCCCC.CCCCCCC.CCCCCCCCC.CCCCCCCCC.O=C1C=CC(=O)N1CC1CCCCC1Cn1c(=O)c2cc3c(=O)n(CC4CC5C6CC(C5C4)C(n4c(=O)c5cc7c(=O)n(CC8CCCCC8CN8C(=O)C=CC8=O)c(=O)c7cc5c4=O)C6)c(=O)c3cc2c1=O. The number of fused-ring (bicyclic) bond motifs is 9. The molecule has 7 aliphatic rings. The summed E-state index contributed by atoms with van der Waals surface area (Å²) in [6.07, 6.45) is 48.3. The summed E-state index contributed by atoms with van der Waals surface area (Å²) < 4.78 is 4.90. The Morgan fingerprint density at radius 2 is 0.538 bits per heavy atom. The molecular weight excluding hydrogens is 1330 g/mol. The average Bonchev–Trinajstić information content (AvgIpc) is 1.55. The molecule has 6 aromatic rings. The van der Waals surface area contributed by atoms with E-state index in [4.69, 9.17) is 0 Å². The summed E-state index contributed by atoms with van der Waals surface area (Å²) >= 11 is 0. The number of unbranched alkanes of at least 4 members (excludes halogenated alkanes) is 20. The number of imide groups is 2. The van der Waals surface area contributed by atoms with Crippen molar-refractivity contribution in [3.8, 4) is 0 Å². The lowest BCUT2D eigenvalue weighted by atomic mass is 9.78. The summed E-state index contributed by atoms with van der Waals surface area (Å²) in [4.78, 5) is 164. The van der Waals surface area contributed by atoms with Gasteiger partial charge in [0.15, 0.2) is 0 Å². The first-order valence-electron chi connectivity index (χ1n) is 41.7. The minimum Gasteiger partial charge on any atom is -0.275 e. The van der Waals surface area contributed by atoms with E-state index in [2.05, 4.69) is 55.4 Å². The predicted molar refractivity (Wildman–Crippen MR) is 430 cm³/mol. The van der Waals surface area contributed by atoms with Gasteiger partial charge in [-0.15, -0.1) is 0 Å². The van der Waals surface area contributed by atoms with Gasteiger partial charge in [-0.05, 0) is 129 Å². The first kappa shape index (κ1) is 84.4. The normalized spacial score (nSPS) is 23.0. The number of amides is 4. The minimum absolute atomic E-state index is 0. The lowest BCUT2D eigenvalue weighted by Gasteiger charge is -2.33. The van der Waals surface area contributed by atoms with Gasteiger partial charge >= 0.3 is 0 Å². The highest BCUT2D eigenvalue weighted by molar-refractivity contribution is 6.13. The van der Waals surface area contributed by atoms with Crippen LogP contribution >= 0.6 is 0 Å². The second-order valence-electron chi connectivity index (χ2n) is 32.2. The molecule has 106 heavy (non-hydrogen) atoms. The van der Waals surface area contributed by atoms with Crippen molar-refractivity contribution in [1.29, 1.82) is 0 Å². The number of hydrogen-bond donors (Lipinski definition) is 0. The van der Waals surface area contributed by atoms with Crippen molar-refractivity contribution in [3.05, 3.63) is 131 Å². The summed E-state index contributed by atoms with van der Waals surface area (Å²) in [5.74, 6) is -1.39. The van der Waals surface area contributed by atoms with Gasteiger partial charge in [-0.25, -0.2) is 0 Å². The van der Waals surface area contributed by atoms with Crippen LogP contribution in [-0.2, 0) is 38.8 Å². The van der Waals surface area contributed by atoms with Crippen LogP contribution < -0.4 is 44.5 Å². The van der Waals surface area contributed by atoms with Crippen molar-refractivity contribution in [2.75, 3.05) is 13.1 Å². The molecule has 5 fully saturated rings. The highest BCUT2D eigenvalue weighted by Gasteiger charge is 2.57. The first-order valence-corrected chi connectivity index (χ1v) is 41.7. The molecule has 18 heteroatoms. The predicted octanol–water partition coefficient (Wildman–Crippen LogP) is 16.6. The molecule has 0 spiro atoms. The smallest absolute Gasteiger partial charge is 0.261 e. The molecule has 5 saturated carbocycles. The molecule has 2 aliphatic heterocycles. The summed E-state index contributed by atoms with van der Waals surface area (Å²) in [7, 11) is 0.